The molecular formula is C10H20F3N. The topological polar surface area (TPSA) is 12.0 Å². The van der Waals surface area contributed by atoms with Gasteiger partial charge in [-0.1, -0.05) is 20.8 Å². The van der Waals surface area contributed by atoms with Crippen LogP contribution in [0.4, 0.5) is 13.2 Å². The van der Waals surface area contributed by atoms with Gasteiger partial charge in [0.15, 0.2) is 0 Å². The van der Waals surface area contributed by atoms with E-state index in [0.29, 0.717) is 6.42 Å². The second-order valence-electron chi connectivity index (χ2n) is 4.90. The van der Waals surface area contributed by atoms with Gasteiger partial charge in [-0.05, 0) is 25.3 Å². The molecule has 0 aromatic carbocycles. The molecule has 0 aliphatic carbocycles. The van der Waals surface area contributed by atoms with Crippen LogP contribution in [0.3, 0.4) is 0 Å². The van der Waals surface area contributed by atoms with Gasteiger partial charge in [-0.2, -0.15) is 13.2 Å². The SMILES string of the molecule is CNC(CCC(C)(C)C)CC(F)(F)F. The van der Waals surface area contributed by atoms with Crippen molar-refractivity contribution in [2.24, 2.45) is 5.41 Å². The van der Waals surface area contributed by atoms with Gasteiger partial charge in [0.05, 0.1) is 6.42 Å². The average molecular weight is 211 g/mol. The first-order valence-corrected chi connectivity index (χ1v) is 4.88. The lowest BCUT2D eigenvalue weighted by molar-refractivity contribution is -0.140. The van der Waals surface area contributed by atoms with E-state index in [4.69, 9.17) is 0 Å². The normalized spacial score (nSPS) is 15.6. The van der Waals surface area contributed by atoms with Crippen molar-refractivity contribution in [3.05, 3.63) is 0 Å². The van der Waals surface area contributed by atoms with Crippen LogP contribution in [0.1, 0.15) is 40.0 Å². The lowest BCUT2D eigenvalue weighted by atomic mass is 9.88. The van der Waals surface area contributed by atoms with Crippen LogP contribution in [0.25, 0.3) is 0 Å². The second-order valence-corrected chi connectivity index (χ2v) is 4.90. The first-order valence-electron chi connectivity index (χ1n) is 4.88. The summed E-state index contributed by atoms with van der Waals surface area (Å²) in [5.41, 5.74) is 0.0979. The van der Waals surface area contributed by atoms with Crippen molar-refractivity contribution in [1.82, 2.24) is 5.32 Å². The monoisotopic (exact) mass is 211 g/mol. The van der Waals surface area contributed by atoms with E-state index in [-0.39, 0.29) is 5.41 Å². The minimum absolute atomic E-state index is 0.0979. The predicted octanol–water partition coefficient (Wildman–Crippen LogP) is 3.35. The van der Waals surface area contributed by atoms with Crippen molar-refractivity contribution in [2.45, 2.75) is 52.3 Å². The maximum Gasteiger partial charge on any atom is 0.390 e. The molecule has 0 amide bonds. The molecule has 1 N–H and O–H groups in total. The van der Waals surface area contributed by atoms with Crippen molar-refractivity contribution >= 4 is 0 Å². The van der Waals surface area contributed by atoms with Gasteiger partial charge in [-0.15, -0.1) is 0 Å². The number of halogens is 3. The van der Waals surface area contributed by atoms with Crippen molar-refractivity contribution in [2.75, 3.05) is 7.05 Å². The Labute approximate surface area is 84.1 Å². The standard InChI is InChI=1S/C10H20F3N/c1-9(2,3)6-5-8(14-4)7-10(11,12)13/h8,14H,5-7H2,1-4H3. The number of rotatable bonds is 4. The van der Waals surface area contributed by atoms with Gasteiger partial charge in [-0.25, -0.2) is 0 Å². The molecule has 86 valence electrons. The summed E-state index contributed by atoms with van der Waals surface area (Å²) in [7, 11) is 1.58. The fourth-order valence-corrected chi connectivity index (χ4v) is 1.24. The van der Waals surface area contributed by atoms with Gasteiger partial charge in [-0.3, -0.25) is 0 Å². The summed E-state index contributed by atoms with van der Waals surface area (Å²) in [6.07, 6.45) is -3.43. The maximum atomic E-state index is 12.1. The summed E-state index contributed by atoms with van der Waals surface area (Å²) in [6.45, 7) is 6.11. The highest BCUT2D eigenvalue weighted by Crippen LogP contribution is 2.27. The smallest absolute Gasteiger partial charge is 0.317 e. The number of alkyl halides is 3. The summed E-state index contributed by atoms with van der Waals surface area (Å²) < 4.78 is 36.2. The Hall–Kier alpha value is -0.250. The average Bonchev–Trinajstić information content (AvgIpc) is 1.94. The molecule has 0 heterocycles. The lowest BCUT2D eigenvalue weighted by Crippen LogP contribution is -2.32. The second kappa shape index (κ2) is 5.01. The van der Waals surface area contributed by atoms with Gasteiger partial charge >= 0.3 is 6.18 Å². The summed E-state index contributed by atoms with van der Waals surface area (Å²) in [5.74, 6) is 0. The third kappa shape index (κ3) is 8.35. The molecule has 1 unspecified atom stereocenters. The zero-order chi connectivity index (χ0) is 11.4. The van der Waals surface area contributed by atoms with Crippen LogP contribution in [0.5, 0.6) is 0 Å². The molecular weight excluding hydrogens is 191 g/mol. The Morgan fingerprint density at radius 1 is 1.14 bits per heavy atom. The van der Waals surface area contributed by atoms with Crippen molar-refractivity contribution in [3.63, 3.8) is 0 Å². The molecule has 0 fully saturated rings. The molecule has 0 rings (SSSR count). The largest absolute Gasteiger partial charge is 0.390 e. The maximum absolute atomic E-state index is 12.1. The number of hydrogen-bond acceptors (Lipinski definition) is 1. The van der Waals surface area contributed by atoms with E-state index in [9.17, 15) is 13.2 Å². The summed E-state index contributed by atoms with van der Waals surface area (Å²) in [5, 5.41) is 2.71. The molecule has 0 spiro atoms. The Bertz CT molecular complexity index is 158. The van der Waals surface area contributed by atoms with Crippen LogP contribution in [0.2, 0.25) is 0 Å². The third-order valence-electron chi connectivity index (χ3n) is 2.13. The first kappa shape index (κ1) is 13.8. The molecule has 0 aliphatic heterocycles. The van der Waals surface area contributed by atoms with Crippen LogP contribution < -0.4 is 5.32 Å². The van der Waals surface area contributed by atoms with E-state index in [2.05, 4.69) is 5.32 Å². The van der Waals surface area contributed by atoms with Crippen LogP contribution in [0.15, 0.2) is 0 Å². The van der Waals surface area contributed by atoms with E-state index in [1.807, 2.05) is 20.8 Å². The lowest BCUT2D eigenvalue weighted by Gasteiger charge is -2.23. The number of nitrogens with one attached hydrogen (secondary N) is 1. The Balaban J connectivity index is 3.93. The van der Waals surface area contributed by atoms with Crippen molar-refractivity contribution < 1.29 is 13.2 Å². The summed E-state index contributed by atoms with van der Waals surface area (Å²) >= 11 is 0. The quantitative estimate of drug-likeness (QED) is 0.752. The zero-order valence-corrected chi connectivity index (χ0v) is 9.33. The molecule has 0 radical (unpaired) electrons. The molecule has 1 atom stereocenters. The third-order valence-corrected chi connectivity index (χ3v) is 2.13. The Morgan fingerprint density at radius 2 is 1.64 bits per heavy atom. The molecule has 0 saturated heterocycles. The molecule has 0 aliphatic rings. The van der Waals surface area contributed by atoms with Crippen LogP contribution >= 0.6 is 0 Å². The Kier molecular flexibility index (Phi) is 4.92. The highest BCUT2D eigenvalue weighted by molar-refractivity contribution is 4.72. The first-order chi connectivity index (χ1) is 6.14. The number of hydrogen-bond donors (Lipinski definition) is 1. The van der Waals surface area contributed by atoms with E-state index in [0.717, 1.165) is 6.42 Å². The molecule has 0 aromatic heterocycles. The fraction of sp³-hybridized carbons (Fsp3) is 1.00. The molecule has 14 heavy (non-hydrogen) atoms. The van der Waals surface area contributed by atoms with Gasteiger partial charge in [0.1, 0.15) is 0 Å². The molecule has 0 aromatic rings. The van der Waals surface area contributed by atoms with Crippen LogP contribution in [-0.2, 0) is 0 Å². The summed E-state index contributed by atoms with van der Waals surface area (Å²) in [6, 6.07) is -0.450. The minimum Gasteiger partial charge on any atom is -0.317 e. The van der Waals surface area contributed by atoms with Gasteiger partial charge in [0.25, 0.3) is 0 Å². The minimum atomic E-state index is -4.06. The van der Waals surface area contributed by atoms with E-state index < -0.39 is 18.6 Å². The fourth-order valence-electron chi connectivity index (χ4n) is 1.24. The summed E-state index contributed by atoms with van der Waals surface area (Å²) in [4.78, 5) is 0. The molecule has 4 heteroatoms. The molecule has 1 nitrogen and oxygen atoms in total. The highest BCUT2D eigenvalue weighted by Gasteiger charge is 2.31. The van der Waals surface area contributed by atoms with E-state index >= 15 is 0 Å². The highest BCUT2D eigenvalue weighted by atomic mass is 19.4. The van der Waals surface area contributed by atoms with Crippen molar-refractivity contribution in [3.8, 4) is 0 Å². The zero-order valence-electron chi connectivity index (χ0n) is 9.33. The molecule has 0 bridgehead atoms. The van der Waals surface area contributed by atoms with Gasteiger partial charge < -0.3 is 5.32 Å². The van der Waals surface area contributed by atoms with E-state index in [1.165, 1.54) is 0 Å². The van der Waals surface area contributed by atoms with Gasteiger partial charge in [0.2, 0.25) is 0 Å². The van der Waals surface area contributed by atoms with Gasteiger partial charge in [0, 0.05) is 6.04 Å². The van der Waals surface area contributed by atoms with E-state index in [1.54, 1.807) is 7.05 Å². The van der Waals surface area contributed by atoms with Crippen LogP contribution in [-0.4, -0.2) is 19.3 Å². The predicted molar refractivity (Wildman–Crippen MR) is 52.2 cm³/mol. The van der Waals surface area contributed by atoms with Crippen molar-refractivity contribution in [1.29, 1.82) is 0 Å². The molecule has 0 saturated carbocycles. The van der Waals surface area contributed by atoms with Crippen LogP contribution in [0, 0.1) is 5.41 Å². The Morgan fingerprint density at radius 3 is 1.93 bits per heavy atom.